The third-order valence-corrected chi connectivity index (χ3v) is 8.20. The molecule has 0 fully saturated rings. The van der Waals surface area contributed by atoms with Crippen LogP contribution in [0.4, 0.5) is 114 Å². The maximum Gasteiger partial charge on any atom is 0.472 e. The summed E-state index contributed by atoms with van der Waals surface area (Å²) in [6.45, 7) is -5.68. The number of aliphatic carboxylic acids is 1. The number of carboxylic acid groups (broad SMARTS) is 1. The van der Waals surface area contributed by atoms with Crippen molar-refractivity contribution in [2.75, 3.05) is 19.8 Å². The van der Waals surface area contributed by atoms with Crippen molar-refractivity contribution >= 4 is 25.7 Å². The number of alkyl halides is 26. The summed E-state index contributed by atoms with van der Waals surface area (Å²) in [5, 5.41) is 8.62. The van der Waals surface area contributed by atoms with E-state index in [0.29, 0.717) is 0 Å². The van der Waals surface area contributed by atoms with Crippen LogP contribution in [0.1, 0.15) is 25.7 Å². The van der Waals surface area contributed by atoms with E-state index >= 15 is 0 Å². The van der Waals surface area contributed by atoms with Crippen molar-refractivity contribution in [1.82, 2.24) is 0 Å². The molecule has 2 unspecified atom stereocenters. The summed E-state index contributed by atoms with van der Waals surface area (Å²) >= 11 is 0. The van der Waals surface area contributed by atoms with Gasteiger partial charge in [-0.1, -0.05) is 0 Å². The molecule has 0 saturated carbocycles. The van der Waals surface area contributed by atoms with Crippen LogP contribution in [0.15, 0.2) is 0 Å². The van der Waals surface area contributed by atoms with E-state index in [1.807, 2.05) is 0 Å². The zero-order valence-electron chi connectivity index (χ0n) is 28.6. The predicted octanol–water partition coefficient (Wildman–Crippen LogP) is 8.02. The summed E-state index contributed by atoms with van der Waals surface area (Å²) in [5.41, 5.74) is 4.90. The molecule has 0 rings (SSSR count). The fraction of sp³-hybridized carbons (Fsp3) is 0.875. The topological polar surface area (TPSA) is 172 Å². The summed E-state index contributed by atoms with van der Waals surface area (Å²) in [6.07, 6.45) is -30.0. The van der Waals surface area contributed by atoms with Gasteiger partial charge in [-0.2, -0.15) is 114 Å². The van der Waals surface area contributed by atoms with E-state index in [4.69, 9.17) is 10.8 Å². The largest absolute Gasteiger partial charge is 0.480 e. The highest BCUT2D eigenvalue weighted by Gasteiger charge is 2.92. The smallest absolute Gasteiger partial charge is 0.472 e. The molecule has 62 heavy (non-hydrogen) atoms. The molecular formula is C24H20F26NO10P. The van der Waals surface area contributed by atoms with Gasteiger partial charge in [-0.15, -0.1) is 0 Å². The van der Waals surface area contributed by atoms with Gasteiger partial charge >= 0.3 is 97.3 Å². The van der Waals surface area contributed by atoms with E-state index in [1.165, 1.54) is 0 Å². The SMILES string of the molecule is NC(COP(=O)(O)OC(COC(=O)CCC(F)(F)C(F)(F)C(F)(F)C(F)(F)C(F)(F)C(F)(F)F)COC(=O)CCC(F)(F)C(F)(F)C(F)(F)C(F)(F)C(F)(F)C(F)(F)F)C(=O)O. The molecule has 0 aromatic heterocycles. The molecule has 0 aliphatic rings. The first-order valence-electron chi connectivity index (χ1n) is 14.8. The number of carboxylic acids is 1. The Morgan fingerprint density at radius 2 is 0.758 bits per heavy atom. The first kappa shape index (κ1) is 58.7. The van der Waals surface area contributed by atoms with Crippen LogP contribution in [0.3, 0.4) is 0 Å². The number of hydrogen-bond acceptors (Lipinski definition) is 9. The van der Waals surface area contributed by atoms with Crippen molar-refractivity contribution in [2.45, 2.75) is 109 Å². The molecule has 0 aromatic rings. The van der Waals surface area contributed by atoms with Crippen molar-refractivity contribution < 1.29 is 162 Å². The summed E-state index contributed by atoms with van der Waals surface area (Å²) in [7, 11) is -5.97. The minimum Gasteiger partial charge on any atom is -0.480 e. The Morgan fingerprint density at radius 1 is 0.484 bits per heavy atom. The first-order chi connectivity index (χ1) is 26.9. The number of phosphoric ester groups is 1. The maximum atomic E-state index is 14.0. The molecule has 0 heterocycles. The van der Waals surface area contributed by atoms with Crippen LogP contribution in [-0.2, 0) is 37.5 Å². The Labute approximate surface area is 323 Å². The number of nitrogens with two attached hydrogens (primary N) is 1. The molecule has 2 atom stereocenters. The Bertz CT molecular complexity index is 1540. The lowest BCUT2D eigenvalue weighted by Crippen LogP contribution is -2.70. The number of rotatable bonds is 24. The minimum atomic E-state index is -8.35. The third-order valence-electron chi connectivity index (χ3n) is 7.16. The second kappa shape index (κ2) is 18.3. The molecule has 38 heteroatoms. The van der Waals surface area contributed by atoms with E-state index in [1.54, 1.807) is 0 Å². The van der Waals surface area contributed by atoms with Gasteiger partial charge in [0.2, 0.25) is 0 Å². The second-order valence-electron chi connectivity index (χ2n) is 11.8. The van der Waals surface area contributed by atoms with Gasteiger partial charge in [0, 0.05) is 12.8 Å². The van der Waals surface area contributed by atoms with Crippen molar-refractivity contribution in [3.05, 3.63) is 0 Å². The van der Waals surface area contributed by atoms with E-state index in [0.717, 1.165) is 0 Å². The van der Waals surface area contributed by atoms with Gasteiger partial charge in [-0.3, -0.25) is 23.4 Å². The minimum absolute atomic E-state index is 1.57. The molecule has 0 aliphatic carbocycles. The van der Waals surface area contributed by atoms with Gasteiger partial charge in [-0.05, 0) is 0 Å². The molecule has 4 N–H and O–H groups in total. The number of ether oxygens (including phenoxy) is 2. The Morgan fingerprint density at radius 3 is 1.02 bits per heavy atom. The normalized spacial score (nSPS) is 16.5. The zero-order valence-corrected chi connectivity index (χ0v) is 29.5. The molecular weight excluding hydrogens is 987 g/mol. The number of carbonyl (C=O) groups excluding carboxylic acids is 2. The first-order valence-corrected chi connectivity index (χ1v) is 16.3. The monoisotopic (exact) mass is 1010 g/mol. The summed E-state index contributed by atoms with van der Waals surface area (Å²) in [5.74, 6) is -86.3. The van der Waals surface area contributed by atoms with E-state index in [9.17, 15) is 138 Å². The van der Waals surface area contributed by atoms with Crippen LogP contribution < -0.4 is 5.73 Å². The quantitative estimate of drug-likeness (QED) is 0.0486. The number of phosphoric acid groups is 1. The van der Waals surface area contributed by atoms with Gasteiger partial charge in [0.15, 0.2) is 0 Å². The molecule has 11 nitrogen and oxygen atoms in total. The molecule has 0 bridgehead atoms. The van der Waals surface area contributed by atoms with Gasteiger partial charge in [0.25, 0.3) is 0 Å². The summed E-state index contributed by atoms with van der Waals surface area (Å²) < 4.78 is 373. The number of hydrogen-bond donors (Lipinski definition) is 3. The van der Waals surface area contributed by atoms with Crippen LogP contribution in [-0.4, -0.2) is 131 Å². The fourth-order valence-corrected chi connectivity index (χ4v) is 4.43. The van der Waals surface area contributed by atoms with Gasteiger partial charge in [0.1, 0.15) is 25.4 Å². The summed E-state index contributed by atoms with van der Waals surface area (Å²) in [4.78, 5) is 44.0. The second-order valence-corrected chi connectivity index (χ2v) is 13.2. The van der Waals surface area contributed by atoms with E-state index < -0.39 is 155 Å². The van der Waals surface area contributed by atoms with Crippen LogP contribution in [0.2, 0.25) is 0 Å². The van der Waals surface area contributed by atoms with E-state index in [2.05, 4.69) is 18.5 Å². The van der Waals surface area contributed by atoms with Gasteiger partial charge < -0.3 is 25.2 Å². The van der Waals surface area contributed by atoms with Gasteiger partial charge in [-0.25, -0.2) is 4.57 Å². The zero-order chi connectivity index (χ0) is 50.2. The third kappa shape index (κ3) is 11.5. The standard InChI is InChI=1S/C24H20F26NO10P/c25-13(26,15(29,30)17(33,34)19(37,38)21(41,42)23(45,46)47)3-1-10(52)58-5-8(61-62(56,57)60-7-9(51)12(54)55)6-59-11(53)2-4-14(27,28)16(31,32)18(35,36)20(39,40)22(43,44)24(48,49)50/h8-9H,1-7,51H2,(H,54,55)(H,56,57). The van der Waals surface area contributed by atoms with Crippen molar-refractivity contribution in [2.24, 2.45) is 5.73 Å². The highest BCUT2D eigenvalue weighted by atomic mass is 31.2. The number of carbonyl (C=O) groups is 3. The van der Waals surface area contributed by atoms with Gasteiger partial charge in [0.05, 0.1) is 19.4 Å². The maximum absolute atomic E-state index is 14.0. The molecule has 0 spiro atoms. The number of halogens is 26. The molecule has 0 aromatic carbocycles. The molecule has 368 valence electrons. The lowest BCUT2D eigenvalue weighted by molar-refractivity contribution is -0.440. The molecule has 0 saturated heterocycles. The highest BCUT2D eigenvalue weighted by Crippen LogP contribution is 2.62. The Kier molecular flexibility index (Phi) is 17.3. The van der Waals surface area contributed by atoms with Crippen LogP contribution in [0, 0.1) is 0 Å². The Hall–Kier alpha value is -3.34. The lowest BCUT2D eigenvalue weighted by Gasteiger charge is -2.39. The van der Waals surface area contributed by atoms with Crippen LogP contribution in [0.5, 0.6) is 0 Å². The van der Waals surface area contributed by atoms with E-state index in [-0.39, 0.29) is 0 Å². The molecule has 0 amide bonds. The fourth-order valence-electron chi connectivity index (χ4n) is 3.53. The number of esters is 2. The molecule has 0 aliphatic heterocycles. The van der Waals surface area contributed by atoms with Crippen LogP contribution >= 0.6 is 7.82 Å². The predicted molar refractivity (Wildman–Crippen MR) is 138 cm³/mol. The van der Waals surface area contributed by atoms with Crippen molar-refractivity contribution in [3.8, 4) is 0 Å². The average Bonchev–Trinajstić information content (AvgIpc) is 3.08. The van der Waals surface area contributed by atoms with Crippen molar-refractivity contribution in [1.29, 1.82) is 0 Å². The lowest BCUT2D eigenvalue weighted by atomic mass is 9.92. The molecule has 0 radical (unpaired) electrons. The highest BCUT2D eigenvalue weighted by molar-refractivity contribution is 7.47. The Balaban J connectivity index is 6.23. The average molecular weight is 1010 g/mol. The van der Waals surface area contributed by atoms with Crippen molar-refractivity contribution in [3.63, 3.8) is 0 Å². The van der Waals surface area contributed by atoms with Crippen LogP contribution in [0.25, 0.3) is 0 Å². The summed E-state index contributed by atoms with van der Waals surface area (Å²) in [6, 6.07) is -2.24.